The van der Waals surface area contributed by atoms with E-state index in [1.807, 2.05) is 6.92 Å². The number of ether oxygens (including phenoxy) is 1. The Morgan fingerprint density at radius 3 is 2.59 bits per heavy atom. The summed E-state index contributed by atoms with van der Waals surface area (Å²) in [5.41, 5.74) is 1.14. The van der Waals surface area contributed by atoms with E-state index in [0.717, 1.165) is 12.2 Å². The molecule has 29 heavy (non-hydrogen) atoms. The van der Waals surface area contributed by atoms with Gasteiger partial charge in [0, 0.05) is 19.2 Å². The highest BCUT2D eigenvalue weighted by Crippen LogP contribution is 2.29. The summed E-state index contributed by atoms with van der Waals surface area (Å²) in [6, 6.07) is 12.7. The Labute approximate surface area is 173 Å². The fourth-order valence-electron chi connectivity index (χ4n) is 2.60. The molecule has 0 spiro atoms. The summed E-state index contributed by atoms with van der Waals surface area (Å²) in [4.78, 5) is 30.8. The van der Waals surface area contributed by atoms with Crippen LogP contribution in [-0.4, -0.2) is 40.8 Å². The molecule has 1 aliphatic rings. The number of amides is 2. The Morgan fingerprint density at radius 2 is 1.93 bits per heavy atom. The van der Waals surface area contributed by atoms with Crippen LogP contribution < -0.4 is 10.1 Å². The van der Waals surface area contributed by atoms with E-state index in [1.54, 1.807) is 31.3 Å². The first kappa shape index (κ1) is 20.9. The monoisotopic (exact) mass is 415 g/mol. The van der Waals surface area contributed by atoms with Crippen LogP contribution >= 0.6 is 11.8 Å². The van der Waals surface area contributed by atoms with Crippen molar-refractivity contribution in [3.05, 3.63) is 54.3 Å². The lowest BCUT2D eigenvalue weighted by atomic mass is 10.2. The van der Waals surface area contributed by atoms with Crippen molar-refractivity contribution in [3.8, 4) is 5.75 Å². The summed E-state index contributed by atoms with van der Waals surface area (Å²) in [6.07, 6.45) is 0.995. The smallest absolute Gasteiger partial charge is 0.238 e. The zero-order valence-electron chi connectivity index (χ0n) is 16.2. The average Bonchev–Trinajstić information content (AvgIpc) is 2.72. The molecule has 1 N–H and O–H groups in total. The van der Waals surface area contributed by atoms with E-state index in [1.165, 1.54) is 40.9 Å². The van der Waals surface area contributed by atoms with Crippen molar-refractivity contribution in [2.75, 3.05) is 19.0 Å². The van der Waals surface area contributed by atoms with Crippen LogP contribution in [0.15, 0.2) is 53.5 Å². The summed E-state index contributed by atoms with van der Waals surface area (Å²) in [5.74, 6) is -0.0981. The van der Waals surface area contributed by atoms with Gasteiger partial charge in [-0.15, -0.1) is 0 Å². The topological polar surface area (TPSA) is 71.0 Å². The molecule has 3 rings (SSSR count). The van der Waals surface area contributed by atoms with Gasteiger partial charge < -0.3 is 10.1 Å². The molecule has 0 aromatic heterocycles. The lowest BCUT2D eigenvalue weighted by molar-refractivity contribution is -0.128. The third-order valence-corrected chi connectivity index (χ3v) is 5.45. The lowest BCUT2D eigenvalue weighted by Gasteiger charge is -2.28. The van der Waals surface area contributed by atoms with Crippen molar-refractivity contribution in [1.29, 1.82) is 0 Å². The highest BCUT2D eigenvalue weighted by atomic mass is 32.2. The number of rotatable bonds is 6. The number of carbonyl (C=O) groups excluding carboxylic acids is 2. The van der Waals surface area contributed by atoms with E-state index in [-0.39, 0.29) is 24.1 Å². The number of nitrogens with one attached hydrogen (secondary N) is 1. The van der Waals surface area contributed by atoms with Crippen molar-refractivity contribution in [2.45, 2.75) is 25.0 Å². The number of nitrogens with zero attached hydrogens (tertiary/aromatic N) is 2. The van der Waals surface area contributed by atoms with Crippen LogP contribution in [0, 0.1) is 5.82 Å². The second-order valence-electron chi connectivity index (χ2n) is 6.50. The Morgan fingerprint density at radius 1 is 1.24 bits per heavy atom. The van der Waals surface area contributed by atoms with Gasteiger partial charge >= 0.3 is 0 Å². The van der Waals surface area contributed by atoms with E-state index in [9.17, 15) is 14.0 Å². The van der Waals surface area contributed by atoms with E-state index in [0.29, 0.717) is 23.1 Å². The van der Waals surface area contributed by atoms with Crippen molar-refractivity contribution < 1.29 is 18.7 Å². The first-order valence-electron chi connectivity index (χ1n) is 9.27. The Hall–Kier alpha value is -2.87. The van der Waals surface area contributed by atoms with E-state index in [2.05, 4.69) is 10.3 Å². The first-order chi connectivity index (χ1) is 14.0. The van der Waals surface area contributed by atoms with Gasteiger partial charge in [-0.3, -0.25) is 14.5 Å². The molecule has 0 radical (unpaired) electrons. The maximum Gasteiger partial charge on any atom is 0.238 e. The third kappa shape index (κ3) is 5.57. The number of aliphatic imine (C=N–C) groups is 1. The van der Waals surface area contributed by atoms with E-state index < -0.39 is 5.25 Å². The molecular formula is C21H22FN3O3S. The number of hydrogen-bond acceptors (Lipinski definition) is 5. The van der Waals surface area contributed by atoms with Gasteiger partial charge in [0.05, 0.1) is 12.3 Å². The van der Waals surface area contributed by atoms with Gasteiger partial charge in [0.25, 0.3) is 0 Å². The van der Waals surface area contributed by atoms with Gasteiger partial charge in [0.15, 0.2) is 5.17 Å². The molecule has 1 atom stereocenters. The predicted molar refractivity (Wildman–Crippen MR) is 113 cm³/mol. The normalized spacial score (nSPS) is 18.0. The van der Waals surface area contributed by atoms with Crippen molar-refractivity contribution >= 4 is 40.1 Å². The summed E-state index contributed by atoms with van der Waals surface area (Å²) in [7, 11) is 1.61. The van der Waals surface area contributed by atoms with Gasteiger partial charge in [-0.2, -0.15) is 0 Å². The van der Waals surface area contributed by atoms with Crippen LogP contribution in [0.5, 0.6) is 5.75 Å². The molecule has 0 aliphatic carbocycles. The van der Waals surface area contributed by atoms with Gasteiger partial charge in [0.1, 0.15) is 16.8 Å². The number of benzene rings is 2. The maximum atomic E-state index is 13.1. The molecular weight excluding hydrogens is 393 g/mol. The van der Waals surface area contributed by atoms with Gasteiger partial charge in [-0.05, 0) is 55.0 Å². The standard InChI is InChI=1S/C21H22FN3O3S/c1-3-12-28-17-10-8-15(9-11-17)23-20(27)18-13-19(26)25(2)21(29-18)24-16-6-4-14(22)5-7-16/h4-11,18H,3,12-13H2,1-2H3,(H,23,27). The molecule has 1 aliphatic heterocycles. The van der Waals surface area contributed by atoms with Crippen LogP contribution in [0.4, 0.5) is 15.8 Å². The highest BCUT2D eigenvalue weighted by molar-refractivity contribution is 8.15. The SMILES string of the molecule is CCCOc1ccc(NC(=O)C2CC(=O)N(C)C(=Nc3ccc(F)cc3)S2)cc1. The molecule has 2 aromatic carbocycles. The van der Waals surface area contributed by atoms with Crippen molar-refractivity contribution in [2.24, 2.45) is 4.99 Å². The fraction of sp³-hybridized carbons (Fsp3) is 0.286. The second-order valence-corrected chi connectivity index (χ2v) is 7.67. The molecule has 2 amide bonds. The molecule has 1 fully saturated rings. The van der Waals surface area contributed by atoms with Gasteiger partial charge in [-0.25, -0.2) is 9.38 Å². The quantitative estimate of drug-likeness (QED) is 0.767. The molecule has 1 heterocycles. The second kappa shape index (κ2) is 9.56. The summed E-state index contributed by atoms with van der Waals surface area (Å²) >= 11 is 1.21. The number of halogens is 1. The van der Waals surface area contributed by atoms with Gasteiger partial charge in [0.2, 0.25) is 11.8 Å². The van der Waals surface area contributed by atoms with Crippen LogP contribution in [0.25, 0.3) is 0 Å². The molecule has 1 unspecified atom stereocenters. The summed E-state index contributed by atoms with van der Waals surface area (Å²) < 4.78 is 18.6. The van der Waals surface area contributed by atoms with E-state index in [4.69, 9.17) is 4.74 Å². The Kier molecular flexibility index (Phi) is 6.87. The Balaban J connectivity index is 1.68. The molecule has 152 valence electrons. The Bertz CT molecular complexity index is 900. The first-order valence-corrected chi connectivity index (χ1v) is 10.2. The van der Waals surface area contributed by atoms with Crippen LogP contribution in [0.3, 0.4) is 0 Å². The minimum Gasteiger partial charge on any atom is -0.494 e. The van der Waals surface area contributed by atoms with Crippen LogP contribution in [0.2, 0.25) is 0 Å². The molecule has 0 bridgehead atoms. The van der Waals surface area contributed by atoms with Crippen molar-refractivity contribution in [3.63, 3.8) is 0 Å². The fourth-order valence-corrected chi connectivity index (χ4v) is 3.67. The summed E-state index contributed by atoms with van der Waals surface area (Å²) in [6.45, 7) is 2.67. The van der Waals surface area contributed by atoms with Crippen LogP contribution in [-0.2, 0) is 9.59 Å². The zero-order valence-corrected chi connectivity index (χ0v) is 17.0. The molecule has 6 nitrogen and oxygen atoms in total. The largest absolute Gasteiger partial charge is 0.494 e. The molecule has 2 aromatic rings. The number of anilines is 1. The highest BCUT2D eigenvalue weighted by Gasteiger charge is 2.34. The molecule has 1 saturated heterocycles. The maximum absolute atomic E-state index is 13.1. The summed E-state index contributed by atoms with van der Waals surface area (Å²) in [5, 5.41) is 2.63. The van der Waals surface area contributed by atoms with Crippen molar-refractivity contribution in [1.82, 2.24) is 4.90 Å². The zero-order chi connectivity index (χ0) is 20.8. The van der Waals surface area contributed by atoms with Crippen LogP contribution in [0.1, 0.15) is 19.8 Å². The molecule has 8 heteroatoms. The number of hydrogen-bond donors (Lipinski definition) is 1. The minimum atomic E-state index is -0.603. The van der Waals surface area contributed by atoms with Gasteiger partial charge in [-0.1, -0.05) is 18.7 Å². The predicted octanol–water partition coefficient (Wildman–Crippen LogP) is 4.20. The number of carbonyl (C=O) groups is 2. The minimum absolute atomic E-state index is 0.0765. The number of amidine groups is 1. The number of thioether (sulfide) groups is 1. The lowest BCUT2D eigenvalue weighted by Crippen LogP contribution is -2.43. The third-order valence-electron chi connectivity index (χ3n) is 4.21. The van der Waals surface area contributed by atoms with E-state index >= 15 is 0 Å². The molecule has 0 saturated carbocycles. The average molecular weight is 415 g/mol.